The van der Waals surface area contributed by atoms with E-state index < -0.39 is 0 Å². The third kappa shape index (κ3) is 1.54. The van der Waals surface area contributed by atoms with E-state index in [9.17, 15) is 0 Å². The van der Waals surface area contributed by atoms with Crippen molar-refractivity contribution in [1.29, 1.82) is 0 Å². The second-order valence-corrected chi connectivity index (χ2v) is 5.19. The fourth-order valence-corrected chi connectivity index (χ4v) is 2.45. The Morgan fingerprint density at radius 3 is 2.53 bits per heavy atom. The van der Waals surface area contributed by atoms with Crippen LogP contribution in [0.25, 0.3) is 0 Å². The molecule has 0 amide bonds. The molecule has 2 N–H and O–H groups in total. The molecule has 1 aromatic heterocycles. The highest BCUT2D eigenvalue weighted by Gasteiger charge is 2.42. The molecular weight excluding hydrogens is 186 g/mol. The molecule has 1 fully saturated rings. The molecule has 1 aliphatic rings. The van der Waals surface area contributed by atoms with Crippen molar-refractivity contribution in [2.75, 3.05) is 5.73 Å². The lowest BCUT2D eigenvalue weighted by Gasteiger charge is -2.23. The molecule has 0 radical (unpaired) electrons. The maximum absolute atomic E-state index is 6.03. The van der Waals surface area contributed by atoms with Crippen molar-refractivity contribution < 1.29 is 0 Å². The number of hydrogen-bond donors (Lipinski definition) is 1. The summed E-state index contributed by atoms with van der Waals surface area (Å²) in [7, 11) is 1.93. The van der Waals surface area contributed by atoms with Crippen LogP contribution in [-0.2, 0) is 18.9 Å². The molecule has 1 saturated carbocycles. The van der Waals surface area contributed by atoms with Crippen molar-refractivity contribution in [3.8, 4) is 0 Å². The molecule has 0 spiro atoms. The van der Waals surface area contributed by atoms with Gasteiger partial charge in [-0.15, -0.1) is 0 Å². The highest BCUT2D eigenvalue weighted by Crippen LogP contribution is 2.47. The Labute approximate surface area is 91.7 Å². The fourth-order valence-electron chi connectivity index (χ4n) is 2.45. The van der Waals surface area contributed by atoms with E-state index in [0.29, 0.717) is 0 Å². The number of rotatable bonds is 3. The van der Waals surface area contributed by atoms with E-state index in [2.05, 4.69) is 25.9 Å². The van der Waals surface area contributed by atoms with Gasteiger partial charge in [0.2, 0.25) is 0 Å². The Kier molecular flexibility index (Phi) is 2.28. The average molecular weight is 207 g/mol. The van der Waals surface area contributed by atoms with Gasteiger partial charge in [0.1, 0.15) is 5.82 Å². The molecule has 3 nitrogen and oxygen atoms in total. The first-order valence-electron chi connectivity index (χ1n) is 5.80. The van der Waals surface area contributed by atoms with Crippen molar-refractivity contribution in [3.05, 3.63) is 11.3 Å². The number of aryl methyl sites for hydroxylation is 1. The number of nitrogens with zero attached hydrogens (tertiary/aromatic N) is 2. The predicted octanol–water partition coefficient (Wildman–Crippen LogP) is 2.25. The molecule has 1 aromatic rings. The van der Waals surface area contributed by atoms with Gasteiger partial charge in [0.15, 0.2) is 0 Å². The van der Waals surface area contributed by atoms with Gasteiger partial charge in [0.25, 0.3) is 0 Å². The first kappa shape index (κ1) is 10.5. The highest BCUT2D eigenvalue weighted by molar-refractivity contribution is 5.46. The molecule has 0 bridgehead atoms. The van der Waals surface area contributed by atoms with Gasteiger partial charge in [-0.05, 0) is 25.2 Å². The molecule has 0 aliphatic heterocycles. The van der Waals surface area contributed by atoms with Gasteiger partial charge < -0.3 is 5.73 Å². The van der Waals surface area contributed by atoms with E-state index in [1.54, 1.807) is 0 Å². The van der Waals surface area contributed by atoms with Gasteiger partial charge in [-0.2, -0.15) is 5.10 Å². The summed E-state index contributed by atoms with van der Waals surface area (Å²) >= 11 is 0. The van der Waals surface area contributed by atoms with E-state index >= 15 is 0 Å². The van der Waals surface area contributed by atoms with Crippen LogP contribution in [0.3, 0.4) is 0 Å². The summed E-state index contributed by atoms with van der Waals surface area (Å²) in [5.41, 5.74) is 8.69. The standard InChI is InChI=1S/C12H21N3/c1-5-9-10(14-15(4)11(9)13)12(2,3)8-6-7-8/h8H,5-7,13H2,1-4H3. The minimum Gasteiger partial charge on any atom is -0.384 e. The number of nitrogens with two attached hydrogens (primary N) is 1. The van der Waals surface area contributed by atoms with Gasteiger partial charge in [0.05, 0.1) is 5.69 Å². The Hall–Kier alpha value is -0.990. The molecule has 0 atom stereocenters. The summed E-state index contributed by atoms with van der Waals surface area (Å²) in [6.07, 6.45) is 3.66. The second-order valence-electron chi connectivity index (χ2n) is 5.19. The summed E-state index contributed by atoms with van der Waals surface area (Å²) in [6, 6.07) is 0. The van der Waals surface area contributed by atoms with Crippen molar-refractivity contribution in [1.82, 2.24) is 9.78 Å². The summed E-state index contributed by atoms with van der Waals surface area (Å²) < 4.78 is 1.82. The zero-order chi connectivity index (χ0) is 11.2. The lowest BCUT2D eigenvalue weighted by Crippen LogP contribution is -2.22. The third-order valence-corrected chi connectivity index (χ3v) is 3.76. The normalized spacial score (nSPS) is 17.1. The first-order valence-corrected chi connectivity index (χ1v) is 5.80. The van der Waals surface area contributed by atoms with Gasteiger partial charge in [0, 0.05) is 18.0 Å². The number of nitrogen functional groups attached to an aromatic ring is 1. The Morgan fingerprint density at radius 1 is 1.47 bits per heavy atom. The molecular formula is C12H21N3. The van der Waals surface area contributed by atoms with Crippen molar-refractivity contribution in [2.45, 2.75) is 45.4 Å². The van der Waals surface area contributed by atoms with Crippen LogP contribution in [0.15, 0.2) is 0 Å². The van der Waals surface area contributed by atoms with Crippen molar-refractivity contribution >= 4 is 5.82 Å². The quantitative estimate of drug-likeness (QED) is 0.826. The van der Waals surface area contributed by atoms with Crippen LogP contribution < -0.4 is 5.73 Å². The van der Waals surface area contributed by atoms with Crippen molar-refractivity contribution in [3.63, 3.8) is 0 Å². The van der Waals surface area contributed by atoms with Gasteiger partial charge in [-0.25, -0.2) is 0 Å². The first-order chi connectivity index (χ1) is 6.98. The highest BCUT2D eigenvalue weighted by atomic mass is 15.3. The zero-order valence-corrected chi connectivity index (χ0v) is 10.2. The van der Waals surface area contributed by atoms with Gasteiger partial charge >= 0.3 is 0 Å². The zero-order valence-electron chi connectivity index (χ0n) is 10.2. The van der Waals surface area contributed by atoms with E-state index in [1.165, 1.54) is 24.1 Å². The molecule has 3 heteroatoms. The summed E-state index contributed by atoms with van der Waals surface area (Å²) in [5, 5.41) is 4.61. The minimum atomic E-state index is 0.195. The third-order valence-electron chi connectivity index (χ3n) is 3.76. The topological polar surface area (TPSA) is 43.8 Å². The molecule has 84 valence electrons. The number of hydrogen-bond acceptors (Lipinski definition) is 2. The Balaban J connectivity index is 2.46. The van der Waals surface area contributed by atoms with Crippen LogP contribution in [0.1, 0.15) is 44.9 Å². The van der Waals surface area contributed by atoms with Crippen LogP contribution in [0.4, 0.5) is 5.82 Å². The van der Waals surface area contributed by atoms with E-state index in [1.807, 2.05) is 11.7 Å². The van der Waals surface area contributed by atoms with Gasteiger partial charge in [-0.3, -0.25) is 4.68 Å². The smallest absolute Gasteiger partial charge is 0.124 e. The SMILES string of the molecule is CCc1c(C(C)(C)C2CC2)nn(C)c1N. The summed E-state index contributed by atoms with van der Waals surface area (Å²) in [5.74, 6) is 1.64. The molecule has 2 rings (SSSR count). The largest absolute Gasteiger partial charge is 0.384 e. The van der Waals surface area contributed by atoms with E-state index in [0.717, 1.165) is 18.2 Å². The van der Waals surface area contributed by atoms with Crippen LogP contribution in [0.5, 0.6) is 0 Å². The monoisotopic (exact) mass is 207 g/mol. The van der Waals surface area contributed by atoms with Crippen LogP contribution in [-0.4, -0.2) is 9.78 Å². The maximum atomic E-state index is 6.03. The summed E-state index contributed by atoms with van der Waals surface area (Å²) in [4.78, 5) is 0. The summed E-state index contributed by atoms with van der Waals surface area (Å²) in [6.45, 7) is 6.75. The lowest BCUT2D eigenvalue weighted by molar-refractivity contribution is 0.432. The molecule has 0 saturated heterocycles. The Morgan fingerprint density at radius 2 is 2.07 bits per heavy atom. The fraction of sp³-hybridized carbons (Fsp3) is 0.750. The maximum Gasteiger partial charge on any atom is 0.124 e. The van der Waals surface area contributed by atoms with Crippen LogP contribution in [0, 0.1) is 5.92 Å². The second kappa shape index (κ2) is 3.26. The minimum absolute atomic E-state index is 0.195. The average Bonchev–Trinajstić information content (AvgIpc) is 2.96. The lowest BCUT2D eigenvalue weighted by atomic mass is 9.81. The molecule has 1 heterocycles. The molecule has 0 aromatic carbocycles. The number of anilines is 1. The number of aromatic nitrogens is 2. The predicted molar refractivity (Wildman–Crippen MR) is 62.7 cm³/mol. The van der Waals surface area contributed by atoms with E-state index in [4.69, 9.17) is 5.73 Å². The van der Waals surface area contributed by atoms with Crippen LogP contribution in [0.2, 0.25) is 0 Å². The molecule has 0 unspecified atom stereocenters. The van der Waals surface area contributed by atoms with Gasteiger partial charge in [-0.1, -0.05) is 20.8 Å². The Bertz CT molecular complexity index is 372. The molecule has 1 aliphatic carbocycles. The molecule has 15 heavy (non-hydrogen) atoms. The van der Waals surface area contributed by atoms with Crippen molar-refractivity contribution in [2.24, 2.45) is 13.0 Å². The van der Waals surface area contributed by atoms with Crippen LogP contribution >= 0.6 is 0 Å². The van der Waals surface area contributed by atoms with E-state index in [-0.39, 0.29) is 5.41 Å².